The van der Waals surface area contributed by atoms with Gasteiger partial charge in [0.15, 0.2) is 0 Å². The molecule has 0 unspecified atom stereocenters. The van der Waals surface area contributed by atoms with E-state index in [0.717, 1.165) is 21.9 Å². The van der Waals surface area contributed by atoms with Crippen LogP contribution in [0.2, 0.25) is 0 Å². The van der Waals surface area contributed by atoms with Gasteiger partial charge in [-0.3, -0.25) is 9.48 Å². The molecular weight excluding hydrogens is 362 g/mol. The summed E-state index contributed by atoms with van der Waals surface area (Å²) in [6, 6.07) is 20.7. The van der Waals surface area contributed by atoms with Crippen molar-refractivity contribution in [3.8, 4) is 5.75 Å². The summed E-state index contributed by atoms with van der Waals surface area (Å²) in [6.45, 7) is 1.86. The summed E-state index contributed by atoms with van der Waals surface area (Å²) < 4.78 is 1.68. The first-order valence-corrected chi connectivity index (χ1v) is 9.59. The minimum Gasteiger partial charge on any atom is -0.508 e. The number of benzene rings is 3. The minimum absolute atomic E-state index is 0.126. The number of fused-ring (bicyclic) bond motifs is 1. The Bertz CT molecular complexity index is 1150. The van der Waals surface area contributed by atoms with Gasteiger partial charge in [-0.05, 0) is 29.3 Å². The van der Waals surface area contributed by atoms with Crippen LogP contribution in [0.1, 0.15) is 35.6 Å². The summed E-state index contributed by atoms with van der Waals surface area (Å²) in [4.78, 5) is 13.1. The van der Waals surface area contributed by atoms with E-state index >= 15 is 0 Å². The Hall–Kier alpha value is -3.60. The average Bonchev–Trinajstić information content (AvgIpc) is 3.18. The quantitative estimate of drug-likeness (QED) is 0.539. The van der Waals surface area contributed by atoms with E-state index < -0.39 is 6.04 Å². The molecule has 0 saturated heterocycles. The van der Waals surface area contributed by atoms with E-state index in [1.807, 2.05) is 80.8 Å². The van der Waals surface area contributed by atoms with Crippen molar-refractivity contribution in [1.29, 1.82) is 0 Å². The second-order valence-corrected chi connectivity index (χ2v) is 7.24. The molecule has 0 aliphatic heterocycles. The number of hydrogen-bond acceptors (Lipinski definition) is 3. The van der Waals surface area contributed by atoms with Crippen LogP contribution in [0.5, 0.6) is 5.75 Å². The van der Waals surface area contributed by atoms with E-state index in [9.17, 15) is 9.90 Å². The largest absolute Gasteiger partial charge is 0.508 e. The van der Waals surface area contributed by atoms with Crippen LogP contribution in [0.4, 0.5) is 0 Å². The number of phenolic OH excluding ortho intramolecular Hbond substituents is 1. The maximum absolute atomic E-state index is 13.1. The number of phenols is 1. The summed E-state index contributed by atoms with van der Waals surface area (Å²) in [7, 11) is 1.83. The van der Waals surface area contributed by atoms with Gasteiger partial charge < -0.3 is 10.4 Å². The van der Waals surface area contributed by atoms with Crippen molar-refractivity contribution in [1.82, 2.24) is 15.1 Å². The lowest BCUT2D eigenvalue weighted by atomic mass is 9.92. The van der Waals surface area contributed by atoms with Crippen molar-refractivity contribution in [2.75, 3.05) is 0 Å². The monoisotopic (exact) mass is 385 g/mol. The lowest BCUT2D eigenvalue weighted by Gasteiger charge is -2.24. The third-order valence-corrected chi connectivity index (χ3v) is 5.27. The van der Waals surface area contributed by atoms with Crippen molar-refractivity contribution in [3.63, 3.8) is 0 Å². The van der Waals surface area contributed by atoms with Crippen LogP contribution in [0.25, 0.3) is 10.8 Å². The molecule has 1 amide bonds. The number of rotatable bonds is 5. The molecule has 1 aromatic heterocycles. The smallest absolute Gasteiger partial charge is 0.228 e. The molecule has 0 fully saturated rings. The first kappa shape index (κ1) is 18.7. The summed E-state index contributed by atoms with van der Waals surface area (Å²) >= 11 is 0. The molecule has 3 aromatic carbocycles. The number of aryl methyl sites for hydroxylation is 1. The fraction of sp³-hybridized carbons (Fsp3) is 0.167. The number of amides is 1. The Morgan fingerprint density at radius 1 is 1.00 bits per heavy atom. The van der Waals surface area contributed by atoms with Gasteiger partial charge >= 0.3 is 0 Å². The van der Waals surface area contributed by atoms with E-state index in [4.69, 9.17) is 0 Å². The SMILES string of the molecule is C[C@@H](C(=O)N[C@H](c1ccccc1)c1c(O)ccc2ccccc12)c1cnn(C)c1. The number of carbonyl (C=O) groups is 1. The molecule has 4 aromatic rings. The van der Waals surface area contributed by atoms with Gasteiger partial charge in [-0.1, -0.05) is 60.7 Å². The Balaban J connectivity index is 1.78. The highest BCUT2D eigenvalue weighted by Crippen LogP contribution is 2.36. The summed E-state index contributed by atoms with van der Waals surface area (Å²) in [5.74, 6) is -0.335. The lowest BCUT2D eigenvalue weighted by Crippen LogP contribution is -2.32. The molecule has 146 valence electrons. The molecule has 4 rings (SSSR count). The number of carbonyl (C=O) groups excluding carboxylic acids is 1. The van der Waals surface area contributed by atoms with Crippen LogP contribution < -0.4 is 5.32 Å². The van der Waals surface area contributed by atoms with Crippen LogP contribution in [0, 0.1) is 0 Å². The summed E-state index contributed by atoms with van der Waals surface area (Å²) in [5, 5.41) is 20.0. The normalized spacial score (nSPS) is 13.2. The molecule has 2 N–H and O–H groups in total. The van der Waals surface area contributed by atoms with Gasteiger partial charge in [0.1, 0.15) is 5.75 Å². The molecule has 0 bridgehead atoms. The highest BCUT2D eigenvalue weighted by atomic mass is 16.3. The minimum atomic E-state index is -0.478. The van der Waals surface area contributed by atoms with Crippen LogP contribution in [0.3, 0.4) is 0 Å². The highest BCUT2D eigenvalue weighted by Gasteiger charge is 2.25. The molecule has 29 heavy (non-hydrogen) atoms. The molecule has 0 spiro atoms. The predicted octanol–water partition coefficient (Wildman–Crippen LogP) is 4.29. The maximum atomic E-state index is 13.1. The third-order valence-electron chi connectivity index (χ3n) is 5.27. The molecule has 0 aliphatic carbocycles. The van der Waals surface area contributed by atoms with E-state index in [0.29, 0.717) is 5.56 Å². The number of aromatic hydroxyl groups is 1. The fourth-order valence-electron chi connectivity index (χ4n) is 3.64. The van der Waals surface area contributed by atoms with E-state index in [2.05, 4.69) is 10.4 Å². The average molecular weight is 385 g/mol. The van der Waals surface area contributed by atoms with Gasteiger partial charge in [0.25, 0.3) is 0 Å². The van der Waals surface area contributed by atoms with Crippen molar-refractivity contribution >= 4 is 16.7 Å². The molecule has 0 radical (unpaired) electrons. The first-order chi connectivity index (χ1) is 14.0. The molecule has 0 saturated carbocycles. The van der Waals surface area contributed by atoms with Crippen molar-refractivity contribution in [2.24, 2.45) is 7.05 Å². The number of aromatic nitrogens is 2. The number of nitrogens with zero attached hydrogens (tertiary/aromatic N) is 2. The Morgan fingerprint density at radius 3 is 2.45 bits per heavy atom. The molecule has 1 heterocycles. The van der Waals surface area contributed by atoms with Crippen molar-refractivity contribution < 1.29 is 9.90 Å². The lowest BCUT2D eigenvalue weighted by molar-refractivity contribution is -0.122. The Morgan fingerprint density at radius 2 is 1.72 bits per heavy atom. The molecular formula is C24H23N3O2. The van der Waals surface area contributed by atoms with E-state index in [-0.39, 0.29) is 17.6 Å². The zero-order chi connectivity index (χ0) is 20.4. The molecule has 2 atom stereocenters. The third kappa shape index (κ3) is 3.72. The van der Waals surface area contributed by atoms with E-state index in [1.54, 1.807) is 16.9 Å². The van der Waals surface area contributed by atoms with Gasteiger partial charge in [-0.15, -0.1) is 0 Å². The zero-order valence-corrected chi connectivity index (χ0v) is 16.4. The van der Waals surface area contributed by atoms with Crippen LogP contribution in [-0.4, -0.2) is 20.8 Å². The van der Waals surface area contributed by atoms with Crippen LogP contribution in [0.15, 0.2) is 79.1 Å². The molecule has 0 aliphatic rings. The van der Waals surface area contributed by atoms with Crippen molar-refractivity contribution in [2.45, 2.75) is 18.9 Å². The molecule has 5 nitrogen and oxygen atoms in total. The Labute approximate surface area is 169 Å². The van der Waals surface area contributed by atoms with Crippen molar-refractivity contribution in [3.05, 3.63) is 95.8 Å². The highest BCUT2D eigenvalue weighted by molar-refractivity contribution is 5.90. The summed E-state index contributed by atoms with van der Waals surface area (Å²) in [6.07, 6.45) is 3.55. The first-order valence-electron chi connectivity index (χ1n) is 9.59. The number of hydrogen-bond donors (Lipinski definition) is 2. The van der Waals surface area contributed by atoms with Gasteiger partial charge in [0, 0.05) is 24.4 Å². The standard InChI is InChI=1S/C24H23N3O2/c1-16(19-14-25-27(2)15-19)24(29)26-23(18-9-4-3-5-10-18)22-20-11-7-6-8-17(20)12-13-21(22)28/h3-16,23,28H,1-2H3,(H,26,29)/t16-,23-/m1/s1. The predicted molar refractivity (Wildman–Crippen MR) is 114 cm³/mol. The van der Waals surface area contributed by atoms with Crippen LogP contribution in [-0.2, 0) is 11.8 Å². The maximum Gasteiger partial charge on any atom is 0.228 e. The van der Waals surface area contributed by atoms with E-state index in [1.165, 1.54) is 0 Å². The second kappa shape index (κ2) is 7.80. The second-order valence-electron chi connectivity index (χ2n) is 7.24. The van der Waals surface area contributed by atoms with Gasteiger partial charge in [-0.2, -0.15) is 5.10 Å². The number of nitrogens with one attached hydrogen (secondary N) is 1. The fourth-order valence-corrected chi connectivity index (χ4v) is 3.64. The van der Waals surface area contributed by atoms with Gasteiger partial charge in [-0.25, -0.2) is 0 Å². The Kier molecular flexibility index (Phi) is 5.04. The zero-order valence-electron chi connectivity index (χ0n) is 16.4. The summed E-state index contributed by atoms with van der Waals surface area (Å²) in [5.41, 5.74) is 2.45. The van der Waals surface area contributed by atoms with Crippen LogP contribution >= 0.6 is 0 Å². The van der Waals surface area contributed by atoms with Gasteiger partial charge in [0.2, 0.25) is 5.91 Å². The molecule has 5 heteroatoms. The topological polar surface area (TPSA) is 67.2 Å². The van der Waals surface area contributed by atoms with Gasteiger partial charge in [0.05, 0.1) is 18.2 Å².